The van der Waals surface area contributed by atoms with Crippen LogP contribution >= 0.6 is 11.6 Å². The van der Waals surface area contributed by atoms with E-state index in [9.17, 15) is 19.7 Å². The van der Waals surface area contributed by atoms with Crippen LogP contribution in [0, 0.1) is 10.1 Å². The molecule has 1 heterocycles. The summed E-state index contributed by atoms with van der Waals surface area (Å²) < 4.78 is 0. The quantitative estimate of drug-likeness (QED) is 0.390. The minimum absolute atomic E-state index is 0.523. The fourth-order valence-electron chi connectivity index (χ4n) is 0.714. The van der Waals surface area contributed by atoms with Gasteiger partial charge in [0.1, 0.15) is 0 Å². The molecule has 14 heavy (non-hydrogen) atoms. The molecule has 0 aliphatic heterocycles. The molecular formula is C5H3ClN4O4. The summed E-state index contributed by atoms with van der Waals surface area (Å²) >= 11 is 5.29. The minimum Gasteiger partial charge on any atom is -0.363 e. The summed E-state index contributed by atoms with van der Waals surface area (Å²) in [5, 5.41) is 9.60. The molecule has 74 valence electrons. The summed E-state index contributed by atoms with van der Waals surface area (Å²) in [7, 11) is 0. The van der Waals surface area contributed by atoms with Gasteiger partial charge in [0.05, 0.1) is 4.92 Å². The predicted octanol–water partition coefficient (Wildman–Crippen LogP) is -0.570. The molecule has 0 saturated heterocycles. The van der Waals surface area contributed by atoms with Crippen molar-refractivity contribution < 1.29 is 9.72 Å². The Bertz CT molecular complexity index is 467. The zero-order valence-corrected chi connectivity index (χ0v) is 7.24. The van der Waals surface area contributed by atoms with Gasteiger partial charge in [-0.25, -0.2) is 4.98 Å². The first kappa shape index (κ1) is 10.1. The summed E-state index contributed by atoms with van der Waals surface area (Å²) in [6.07, 6.45) is 0. The molecule has 0 atom stereocenters. The molecule has 1 aromatic heterocycles. The first-order valence-corrected chi connectivity index (χ1v) is 3.55. The third kappa shape index (κ3) is 1.69. The molecule has 3 N–H and O–H groups in total. The number of halogens is 1. The van der Waals surface area contributed by atoms with Crippen LogP contribution in [0.5, 0.6) is 0 Å². The summed E-state index contributed by atoms with van der Waals surface area (Å²) in [5.41, 5.74) is 2.74. The van der Waals surface area contributed by atoms with Crippen molar-refractivity contribution in [1.82, 2.24) is 9.97 Å². The first-order chi connectivity index (χ1) is 6.43. The number of nitrogens with one attached hydrogen (secondary N) is 1. The van der Waals surface area contributed by atoms with Gasteiger partial charge in [-0.2, -0.15) is 0 Å². The summed E-state index contributed by atoms with van der Waals surface area (Å²) in [6, 6.07) is 0. The Balaban J connectivity index is 3.48. The van der Waals surface area contributed by atoms with E-state index >= 15 is 0 Å². The van der Waals surface area contributed by atoms with Gasteiger partial charge in [0.25, 0.3) is 5.91 Å². The molecule has 1 amide bonds. The fraction of sp³-hybridized carbons (Fsp3) is 0. The average Bonchev–Trinajstić information content (AvgIpc) is 2.01. The largest absolute Gasteiger partial charge is 0.370 e. The number of aromatic nitrogens is 2. The van der Waals surface area contributed by atoms with Crippen LogP contribution in [0.25, 0.3) is 0 Å². The molecule has 0 radical (unpaired) electrons. The summed E-state index contributed by atoms with van der Waals surface area (Å²) in [6.45, 7) is 0. The summed E-state index contributed by atoms with van der Waals surface area (Å²) in [4.78, 5) is 35.9. The maximum absolute atomic E-state index is 11.0. The van der Waals surface area contributed by atoms with E-state index in [1.54, 1.807) is 0 Å². The molecular weight excluding hydrogens is 216 g/mol. The first-order valence-electron chi connectivity index (χ1n) is 3.17. The van der Waals surface area contributed by atoms with Gasteiger partial charge in [0, 0.05) is 0 Å². The molecule has 1 aromatic rings. The molecule has 0 aliphatic carbocycles. The van der Waals surface area contributed by atoms with Crippen molar-refractivity contribution in [2.75, 3.05) is 0 Å². The summed E-state index contributed by atoms with van der Waals surface area (Å²) in [5.74, 6) is -1.55. The lowest BCUT2D eigenvalue weighted by molar-refractivity contribution is -0.386. The van der Waals surface area contributed by atoms with Crippen LogP contribution in [0.1, 0.15) is 10.6 Å². The van der Waals surface area contributed by atoms with E-state index in [0.29, 0.717) is 0 Å². The molecule has 0 fully saturated rings. The topological polar surface area (TPSA) is 132 Å². The van der Waals surface area contributed by atoms with E-state index in [1.165, 1.54) is 0 Å². The van der Waals surface area contributed by atoms with Crippen molar-refractivity contribution in [3.05, 3.63) is 31.4 Å². The zero-order chi connectivity index (χ0) is 10.9. The van der Waals surface area contributed by atoms with Crippen molar-refractivity contribution in [3.63, 3.8) is 0 Å². The zero-order valence-electron chi connectivity index (χ0n) is 6.48. The fourth-order valence-corrected chi connectivity index (χ4v) is 0.954. The van der Waals surface area contributed by atoms with E-state index in [-0.39, 0.29) is 0 Å². The van der Waals surface area contributed by atoms with Crippen molar-refractivity contribution in [3.8, 4) is 0 Å². The predicted molar refractivity (Wildman–Crippen MR) is 45.0 cm³/mol. The van der Waals surface area contributed by atoms with E-state index < -0.39 is 33.1 Å². The van der Waals surface area contributed by atoms with Gasteiger partial charge in [0.15, 0.2) is 0 Å². The van der Waals surface area contributed by atoms with Crippen LogP contribution in [0.3, 0.4) is 0 Å². The number of nitrogens with two attached hydrogens (primary N) is 1. The van der Waals surface area contributed by atoms with Crippen molar-refractivity contribution in [1.29, 1.82) is 0 Å². The lowest BCUT2D eigenvalue weighted by Crippen LogP contribution is -2.23. The molecule has 0 bridgehead atoms. The Kier molecular flexibility index (Phi) is 2.47. The van der Waals surface area contributed by atoms with Crippen LogP contribution in [0.2, 0.25) is 5.15 Å². The molecule has 8 nitrogen and oxygen atoms in total. The van der Waals surface area contributed by atoms with Crippen molar-refractivity contribution in [2.24, 2.45) is 5.73 Å². The van der Waals surface area contributed by atoms with Crippen molar-refractivity contribution in [2.45, 2.75) is 0 Å². The Labute approximate surface area is 80.9 Å². The third-order valence-electron chi connectivity index (χ3n) is 1.27. The number of aromatic amines is 1. The number of H-pyrrole nitrogens is 1. The van der Waals surface area contributed by atoms with Gasteiger partial charge < -0.3 is 5.73 Å². The molecule has 0 spiro atoms. The highest BCUT2D eigenvalue weighted by Gasteiger charge is 2.21. The number of carbonyl (C=O) groups is 1. The van der Waals surface area contributed by atoms with Crippen LogP contribution < -0.4 is 11.3 Å². The van der Waals surface area contributed by atoms with E-state index in [2.05, 4.69) is 4.98 Å². The number of nitrogens with zero attached hydrogens (tertiary/aromatic N) is 2. The van der Waals surface area contributed by atoms with Crippen LogP contribution in [-0.4, -0.2) is 20.8 Å². The number of primary amides is 1. The maximum Gasteiger partial charge on any atom is 0.370 e. The third-order valence-corrected chi connectivity index (χ3v) is 1.53. The molecule has 1 rings (SSSR count). The van der Waals surface area contributed by atoms with Gasteiger partial charge in [-0.3, -0.25) is 24.7 Å². The van der Waals surface area contributed by atoms with Gasteiger partial charge in [0.2, 0.25) is 11.0 Å². The van der Waals surface area contributed by atoms with E-state index in [4.69, 9.17) is 17.3 Å². The highest BCUT2D eigenvalue weighted by Crippen LogP contribution is 2.15. The molecule has 0 unspecified atom stereocenters. The monoisotopic (exact) mass is 218 g/mol. The Morgan fingerprint density at radius 1 is 1.64 bits per heavy atom. The maximum atomic E-state index is 11.0. The second-order valence-corrected chi connectivity index (χ2v) is 2.53. The van der Waals surface area contributed by atoms with E-state index in [1.807, 2.05) is 4.98 Å². The van der Waals surface area contributed by atoms with Crippen LogP contribution in [0.4, 0.5) is 5.69 Å². The number of hydrogen-bond donors (Lipinski definition) is 2. The van der Waals surface area contributed by atoms with Crippen molar-refractivity contribution >= 4 is 23.2 Å². The number of carbonyl (C=O) groups excluding carboxylic acids is 1. The Morgan fingerprint density at radius 2 is 2.21 bits per heavy atom. The molecule has 0 saturated carbocycles. The highest BCUT2D eigenvalue weighted by atomic mass is 35.5. The van der Waals surface area contributed by atoms with E-state index in [0.717, 1.165) is 0 Å². The normalized spacial score (nSPS) is 9.79. The number of nitro groups is 1. The van der Waals surface area contributed by atoms with Gasteiger partial charge in [-0.1, -0.05) is 11.6 Å². The van der Waals surface area contributed by atoms with Crippen LogP contribution in [0.15, 0.2) is 4.79 Å². The molecule has 0 aromatic carbocycles. The van der Waals surface area contributed by atoms with Gasteiger partial charge in [-0.05, 0) is 0 Å². The molecule has 0 aliphatic rings. The lowest BCUT2D eigenvalue weighted by atomic mass is 10.5. The molecule has 9 heteroatoms. The van der Waals surface area contributed by atoms with Crippen LogP contribution in [-0.2, 0) is 0 Å². The smallest absolute Gasteiger partial charge is 0.363 e. The highest BCUT2D eigenvalue weighted by molar-refractivity contribution is 6.31. The van der Waals surface area contributed by atoms with Gasteiger partial charge in [-0.15, -0.1) is 0 Å². The number of rotatable bonds is 2. The van der Waals surface area contributed by atoms with Gasteiger partial charge >= 0.3 is 11.2 Å². The number of amides is 1. The SMILES string of the molecule is NC(=O)c1nc(Cl)c([N+](=O)[O-])c(=O)[nH]1. The minimum atomic E-state index is -1.12. The number of hydrogen-bond acceptors (Lipinski definition) is 5. The Morgan fingerprint density at radius 3 is 2.57 bits per heavy atom. The second-order valence-electron chi connectivity index (χ2n) is 2.18. The second kappa shape index (κ2) is 3.42. The standard InChI is InChI=1S/C5H3ClN4O4/c6-2-1(10(13)14)5(12)9-4(8-2)3(7)11/h(H2,7,11)(H,8,9,12). The lowest BCUT2D eigenvalue weighted by Gasteiger charge is -1.96. The Hall–Kier alpha value is -1.96. The average molecular weight is 219 g/mol.